The molecule has 0 saturated heterocycles. The van der Waals surface area contributed by atoms with Gasteiger partial charge in [-0.1, -0.05) is 53.7 Å². The molecule has 1 N–H and O–H groups in total. The zero-order chi connectivity index (χ0) is 19.8. The van der Waals surface area contributed by atoms with Crippen LogP contribution in [0, 0.1) is 0 Å². The van der Waals surface area contributed by atoms with Gasteiger partial charge in [0.25, 0.3) is 0 Å². The fraction of sp³-hybridized carbons (Fsp3) is 0. The molecule has 2 heterocycles. The molecule has 0 atom stereocenters. The number of carbonyl (C=O) groups is 1. The van der Waals surface area contributed by atoms with Crippen LogP contribution in [-0.4, -0.2) is 31.1 Å². The summed E-state index contributed by atoms with van der Waals surface area (Å²) in [7, 11) is 0. The third-order valence-corrected chi connectivity index (χ3v) is 5.71. The summed E-state index contributed by atoms with van der Waals surface area (Å²) < 4.78 is 2.46. The molecule has 0 bridgehead atoms. The molecule has 0 amide bonds. The Morgan fingerprint density at radius 3 is 2.38 bits per heavy atom. The van der Waals surface area contributed by atoms with E-state index in [9.17, 15) is 9.90 Å². The first-order valence-corrected chi connectivity index (χ1v) is 9.72. The smallest absolute Gasteiger partial charge is 0.356 e. The first kappa shape index (κ1) is 17.3. The second-order valence-electron chi connectivity index (χ2n) is 6.42. The van der Waals surface area contributed by atoms with Gasteiger partial charge in [0.2, 0.25) is 0 Å². The summed E-state index contributed by atoms with van der Waals surface area (Å²) in [4.78, 5) is 16.1. The van der Waals surface area contributed by atoms with E-state index in [1.165, 1.54) is 10.9 Å². The molecule has 0 fully saturated rings. The molecule has 5 aromatic rings. The van der Waals surface area contributed by atoms with E-state index < -0.39 is 5.97 Å². The average Bonchev–Trinajstić information content (AvgIpc) is 3.41. The topological polar surface area (TPSA) is 80.9 Å². The molecule has 6 nitrogen and oxygen atoms in total. The quantitative estimate of drug-likeness (QED) is 0.465. The Bertz CT molecular complexity index is 1310. The lowest BCUT2D eigenvalue weighted by atomic mass is 10.00. The number of hydrogen-bond acceptors (Lipinski definition) is 5. The second kappa shape index (κ2) is 6.96. The first-order valence-electron chi connectivity index (χ1n) is 8.90. The maximum absolute atomic E-state index is 11.3. The highest BCUT2D eigenvalue weighted by Crippen LogP contribution is 2.36. The fourth-order valence-electron chi connectivity index (χ4n) is 3.26. The molecule has 140 valence electrons. The van der Waals surface area contributed by atoms with Crippen LogP contribution < -0.4 is 0 Å². The van der Waals surface area contributed by atoms with Gasteiger partial charge >= 0.3 is 5.97 Å². The molecule has 7 heteroatoms. The van der Waals surface area contributed by atoms with Crippen molar-refractivity contribution in [2.75, 3.05) is 0 Å². The van der Waals surface area contributed by atoms with E-state index in [0.29, 0.717) is 5.69 Å². The van der Waals surface area contributed by atoms with Crippen molar-refractivity contribution in [1.82, 2.24) is 20.0 Å². The molecule has 0 saturated carbocycles. The molecule has 0 unspecified atom stereocenters. The maximum Gasteiger partial charge on any atom is 0.356 e. The summed E-state index contributed by atoms with van der Waals surface area (Å²) in [6.07, 6.45) is 1.23. The molecule has 0 aliphatic carbocycles. The third-order valence-electron chi connectivity index (χ3n) is 4.64. The SMILES string of the molecule is O=C(O)c1cnnn1-c1ccc(-c2ccccc2-c2nc3ccccc3s2)cc1. The lowest BCUT2D eigenvalue weighted by Gasteiger charge is -2.09. The highest BCUT2D eigenvalue weighted by atomic mass is 32.1. The van der Waals surface area contributed by atoms with Crippen LogP contribution in [0.15, 0.2) is 79.0 Å². The standard InChI is InChI=1S/C22H14N4O2S/c27-22(28)19-13-23-25-26(19)15-11-9-14(10-12-15)16-5-1-2-6-17(16)21-24-18-7-3-4-8-20(18)29-21/h1-13H,(H,27,28). The van der Waals surface area contributed by atoms with Crippen LogP contribution in [0.4, 0.5) is 0 Å². The predicted octanol–water partition coefficient (Wildman–Crippen LogP) is 4.91. The van der Waals surface area contributed by atoms with Crippen LogP contribution in [-0.2, 0) is 0 Å². The summed E-state index contributed by atoms with van der Waals surface area (Å²) in [5.74, 6) is -1.07. The van der Waals surface area contributed by atoms with E-state index in [1.54, 1.807) is 11.3 Å². The zero-order valence-corrected chi connectivity index (χ0v) is 15.9. The van der Waals surface area contributed by atoms with Crippen molar-refractivity contribution in [1.29, 1.82) is 0 Å². The van der Waals surface area contributed by atoms with Gasteiger partial charge in [-0.3, -0.25) is 0 Å². The van der Waals surface area contributed by atoms with Crippen LogP contribution in [0.3, 0.4) is 0 Å². The Kier molecular flexibility index (Phi) is 4.14. The van der Waals surface area contributed by atoms with Gasteiger partial charge in [0, 0.05) is 5.56 Å². The van der Waals surface area contributed by atoms with Crippen molar-refractivity contribution in [3.8, 4) is 27.4 Å². The molecular weight excluding hydrogens is 384 g/mol. The van der Waals surface area contributed by atoms with Crippen LogP contribution >= 0.6 is 11.3 Å². The number of hydrogen-bond donors (Lipinski definition) is 1. The van der Waals surface area contributed by atoms with E-state index in [-0.39, 0.29) is 5.69 Å². The van der Waals surface area contributed by atoms with Crippen molar-refractivity contribution in [3.63, 3.8) is 0 Å². The zero-order valence-electron chi connectivity index (χ0n) is 15.1. The summed E-state index contributed by atoms with van der Waals surface area (Å²) in [5, 5.41) is 17.8. The number of fused-ring (bicyclic) bond motifs is 1. The Morgan fingerprint density at radius 1 is 0.897 bits per heavy atom. The molecule has 0 aliphatic rings. The third kappa shape index (κ3) is 3.07. The van der Waals surface area contributed by atoms with Gasteiger partial charge in [-0.25, -0.2) is 14.5 Å². The van der Waals surface area contributed by atoms with Crippen LogP contribution in [0.2, 0.25) is 0 Å². The van der Waals surface area contributed by atoms with E-state index in [1.807, 2.05) is 54.6 Å². The van der Waals surface area contributed by atoms with Gasteiger partial charge in [0.15, 0.2) is 5.69 Å². The van der Waals surface area contributed by atoms with Crippen molar-refractivity contribution >= 4 is 27.5 Å². The summed E-state index contributed by atoms with van der Waals surface area (Å²) >= 11 is 1.67. The van der Waals surface area contributed by atoms with Crippen molar-refractivity contribution in [2.45, 2.75) is 0 Å². The van der Waals surface area contributed by atoms with Crippen molar-refractivity contribution < 1.29 is 9.90 Å². The minimum Gasteiger partial charge on any atom is -0.476 e. The van der Waals surface area contributed by atoms with E-state index in [0.717, 1.165) is 31.9 Å². The predicted molar refractivity (Wildman–Crippen MR) is 112 cm³/mol. The van der Waals surface area contributed by atoms with Gasteiger partial charge in [-0.15, -0.1) is 16.4 Å². The molecule has 0 radical (unpaired) electrons. The van der Waals surface area contributed by atoms with Crippen LogP contribution in [0.25, 0.3) is 37.6 Å². The van der Waals surface area contributed by atoms with E-state index >= 15 is 0 Å². The molecular formula is C22H14N4O2S. The molecule has 29 heavy (non-hydrogen) atoms. The number of carboxylic acid groups (broad SMARTS) is 1. The lowest BCUT2D eigenvalue weighted by molar-refractivity contribution is 0.0687. The summed E-state index contributed by atoms with van der Waals surface area (Å²) in [6, 6.07) is 23.8. The lowest BCUT2D eigenvalue weighted by Crippen LogP contribution is -2.07. The van der Waals surface area contributed by atoms with Gasteiger partial charge in [-0.05, 0) is 35.4 Å². The Hall–Kier alpha value is -3.84. The van der Waals surface area contributed by atoms with Crippen molar-refractivity contribution in [3.05, 3.63) is 84.7 Å². The van der Waals surface area contributed by atoms with Gasteiger partial charge in [0.1, 0.15) is 5.01 Å². The van der Waals surface area contributed by atoms with Gasteiger partial charge in [0.05, 0.1) is 22.1 Å². The second-order valence-corrected chi connectivity index (χ2v) is 7.45. The number of aromatic carboxylic acids is 1. The van der Waals surface area contributed by atoms with Gasteiger partial charge < -0.3 is 5.11 Å². The first-order chi connectivity index (χ1) is 14.2. The largest absolute Gasteiger partial charge is 0.476 e. The molecule has 2 aromatic heterocycles. The van der Waals surface area contributed by atoms with E-state index in [2.05, 4.69) is 28.5 Å². The van der Waals surface area contributed by atoms with E-state index in [4.69, 9.17) is 4.98 Å². The minimum absolute atomic E-state index is 0.0209. The van der Waals surface area contributed by atoms with Crippen LogP contribution in [0.1, 0.15) is 10.5 Å². The number of para-hydroxylation sites is 1. The average molecular weight is 398 g/mol. The monoisotopic (exact) mass is 398 g/mol. The Morgan fingerprint density at radius 2 is 1.62 bits per heavy atom. The summed E-state index contributed by atoms with van der Waals surface area (Å²) in [6.45, 7) is 0. The number of benzene rings is 3. The number of aromatic nitrogens is 4. The summed E-state index contributed by atoms with van der Waals surface area (Å²) in [5.41, 5.74) is 4.79. The fourth-order valence-corrected chi connectivity index (χ4v) is 4.27. The molecule has 0 spiro atoms. The normalized spacial score (nSPS) is 11.0. The maximum atomic E-state index is 11.3. The number of thiazole rings is 1. The molecule has 0 aliphatic heterocycles. The Labute approximate surface area is 169 Å². The number of carboxylic acids is 1. The molecule has 5 rings (SSSR count). The van der Waals surface area contributed by atoms with Crippen LogP contribution in [0.5, 0.6) is 0 Å². The van der Waals surface area contributed by atoms with Gasteiger partial charge in [-0.2, -0.15) is 0 Å². The highest BCUT2D eigenvalue weighted by Gasteiger charge is 2.14. The number of rotatable bonds is 4. The highest BCUT2D eigenvalue weighted by molar-refractivity contribution is 7.21. The molecule has 3 aromatic carbocycles. The minimum atomic E-state index is -1.07. The Balaban J connectivity index is 1.57. The van der Waals surface area contributed by atoms with Crippen molar-refractivity contribution in [2.24, 2.45) is 0 Å². The number of nitrogens with zero attached hydrogens (tertiary/aromatic N) is 4.